The number of carboxylic acid groups (broad SMARTS) is 1. The molecule has 0 spiro atoms. The first kappa shape index (κ1) is 50.8. The molecule has 0 radical (unpaired) electrons. The summed E-state index contributed by atoms with van der Waals surface area (Å²) in [5.41, 5.74) is 3.94. The van der Waals surface area contributed by atoms with Crippen molar-refractivity contribution >= 4 is 50.4 Å². The maximum Gasteiger partial charge on any atom is 0.522 e. The number of hydrogen-bond acceptors (Lipinski definition) is 13. The highest BCUT2D eigenvalue weighted by molar-refractivity contribution is 6.45. The van der Waals surface area contributed by atoms with Crippen LogP contribution in [0.3, 0.4) is 0 Å². The first-order valence-corrected chi connectivity index (χ1v) is 24.0. The van der Waals surface area contributed by atoms with Crippen LogP contribution in [-0.4, -0.2) is 134 Å². The molecule has 4 aliphatic heterocycles. The van der Waals surface area contributed by atoms with E-state index in [-0.39, 0.29) is 85.2 Å². The normalized spacial score (nSPS) is 23.2. The third-order valence-corrected chi connectivity index (χ3v) is 14.9. The van der Waals surface area contributed by atoms with Crippen molar-refractivity contribution in [3.05, 3.63) is 88.5 Å². The summed E-state index contributed by atoms with van der Waals surface area (Å²) in [7, 11) is -1.28. The number of carbonyl (C=O) groups is 4. The molecular formula is C49H63B2ClN6O12. The summed E-state index contributed by atoms with van der Waals surface area (Å²) in [5.74, 6) is 0.458. The van der Waals surface area contributed by atoms with Gasteiger partial charge in [-0.3, -0.25) is 9.59 Å². The topological polar surface area (TPSA) is 228 Å². The number of fused-ring (bicyclic) bond motifs is 1. The number of carboxylic acids is 1. The zero-order chi connectivity index (χ0) is 49.0. The molecule has 3 saturated carbocycles. The number of carbonyl (C=O) groups excluding carboxylic acids is 3. The van der Waals surface area contributed by atoms with Gasteiger partial charge in [0, 0.05) is 23.8 Å². The van der Waals surface area contributed by atoms with Gasteiger partial charge in [-0.25, -0.2) is 19.6 Å². The van der Waals surface area contributed by atoms with Crippen LogP contribution in [0.15, 0.2) is 49.3 Å². The van der Waals surface area contributed by atoms with Crippen molar-refractivity contribution in [1.82, 2.24) is 29.7 Å². The molecule has 4 atom stereocenters. The number of benzene rings is 2. The van der Waals surface area contributed by atoms with Gasteiger partial charge in [0.05, 0.1) is 63.4 Å². The lowest BCUT2D eigenvalue weighted by molar-refractivity contribution is -0.199. The highest BCUT2D eigenvalue weighted by Crippen LogP contribution is 2.65. The summed E-state index contributed by atoms with van der Waals surface area (Å²) in [6.45, 7) is 16.2. The van der Waals surface area contributed by atoms with Crippen LogP contribution in [0.25, 0.3) is 0 Å². The molecule has 374 valence electrons. The van der Waals surface area contributed by atoms with Gasteiger partial charge in [0.2, 0.25) is 11.8 Å². The number of likely N-dealkylation sites (tertiary alicyclic amines) is 2. The fraction of sp³-hybridized carbons (Fsp3) is 0.551. The van der Waals surface area contributed by atoms with E-state index in [1.807, 2.05) is 39.8 Å². The fourth-order valence-electron chi connectivity index (χ4n) is 10.8. The molecular weight excluding hydrogens is 922 g/mol. The molecule has 2 bridgehead atoms. The first-order chi connectivity index (χ1) is 32.8. The molecule has 70 heavy (non-hydrogen) atoms. The van der Waals surface area contributed by atoms with Crippen LogP contribution in [0.2, 0.25) is 12.6 Å². The minimum atomic E-state index is -1.18. The summed E-state index contributed by atoms with van der Waals surface area (Å²) in [6.07, 6.45) is 11.2. The number of hydrogen-bond donors (Lipinski definition) is 4. The first-order valence-electron chi connectivity index (χ1n) is 24.0. The predicted molar refractivity (Wildman–Crippen MR) is 259 cm³/mol. The number of aromatic amines is 2. The maximum absolute atomic E-state index is 13.4. The van der Waals surface area contributed by atoms with Crippen molar-refractivity contribution in [1.29, 1.82) is 0 Å². The monoisotopic (exact) mass is 984 g/mol. The van der Waals surface area contributed by atoms with Crippen LogP contribution in [0.1, 0.15) is 103 Å². The lowest BCUT2D eigenvalue weighted by atomic mass is 9.43. The third-order valence-electron chi connectivity index (χ3n) is 14.9. The number of rotatable bonds is 13. The Labute approximate surface area is 414 Å². The molecule has 4 aromatic rings. The third kappa shape index (κ3) is 10.4. The molecule has 4 N–H and O–H groups in total. The Bertz CT molecular complexity index is 2560. The zero-order valence-electron chi connectivity index (χ0n) is 40.8. The standard InChI is InChI=1S/C32H44BN3O6.C17H18BN3O6.ClH/c1-19-20(10-11-33-41-26-13-21-12-25(31(21,5)6)32(26,7)42-33)8-9-24(28(19)29(38)40-30(2,3)4)39-23-16-36(17-23)27(37)14-22-15-34-18-35-22;22-14(5-11-6-19-9-20-11)21-7-12(8-21)26-13-2-1-10-3-4-18(25)27-16(10)15(13)17(23)24;/h8-9,15,18,21,23,25-26H,10-14,16-17H2,1-7H3,(H,34,35);1-2,6,9,12,25H,3-5,7-8H2,(H,19,20)(H,23,24);1H/t21-,25-,26+,32-;;/m0../s1. The maximum atomic E-state index is 13.4. The lowest BCUT2D eigenvalue weighted by Crippen LogP contribution is -2.65. The van der Waals surface area contributed by atoms with Gasteiger partial charge in [0.1, 0.15) is 46.2 Å². The molecule has 0 unspecified atom stereocenters. The van der Waals surface area contributed by atoms with Crippen molar-refractivity contribution in [3.63, 3.8) is 0 Å². The van der Waals surface area contributed by atoms with Gasteiger partial charge in [-0.15, -0.1) is 12.4 Å². The summed E-state index contributed by atoms with van der Waals surface area (Å²) in [6, 6.07) is 7.26. The van der Waals surface area contributed by atoms with Crippen LogP contribution in [0, 0.1) is 24.2 Å². The largest absolute Gasteiger partial charge is 0.535 e. The predicted octanol–water partition coefficient (Wildman–Crippen LogP) is 5.55. The number of amides is 2. The van der Waals surface area contributed by atoms with Crippen LogP contribution >= 0.6 is 12.4 Å². The van der Waals surface area contributed by atoms with E-state index in [1.165, 1.54) is 12.7 Å². The van der Waals surface area contributed by atoms with Crippen molar-refractivity contribution in [2.75, 3.05) is 26.2 Å². The van der Waals surface area contributed by atoms with Crippen LogP contribution in [0.5, 0.6) is 17.2 Å². The molecule has 21 heteroatoms. The van der Waals surface area contributed by atoms with Gasteiger partial charge in [0.15, 0.2) is 0 Å². The average Bonchev–Trinajstić information content (AvgIpc) is 4.03. The Morgan fingerprint density at radius 1 is 0.871 bits per heavy atom. The van der Waals surface area contributed by atoms with E-state index >= 15 is 0 Å². The summed E-state index contributed by atoms with van der Waals surface area (Å²) >= 11 is 0. The van der Waals surface area contributed by atoms with E-state index < -0.39 is 24.7 Å². The van der Waals surface area contributed by atoms with Crippen molar-refractivity contribution in [2.24, 2.45) is 17.3 Å². The van der Waals surface area contributed by atoms with E-state index in [0.717, 1.165) is 34.5 Å². The molecule has 6 fully saturated rings. The number of aryl methyl sites for hydroxylation is 2. The number of esters is 1. The number of imidazole rings is 2. The van der Waals surface area contributed by atoms with Gasteiger partial charge in [-0.1, -0.05) is 26.0 Å². The van der Waals surface area contributed by atoms with Gasteiger partial charge < -0.3 is 58.1 Å². The molecule has 11 rings (SSSR count). The van der Waals surface area contributed by atoms with E-state index in [1.54, 1.807) is 40.7 Å². The SMILES string of the molecule is Cc1c(CCB2O[C@@H]3C[C@@H]4C[C@@H](C4(C)C)[C@]3(C)O2)ccc(OC2CN(C(=O)Cc3cnc[nH]3)C2)c1C(=O)OC(C)(C)C.Cl.O=C(O)c1c(OC2CN(C(=O)Cc3cnc[nH]3)C2)ccc2c1OB(O)CC2. The van der Waals surface area contributed by atoms with Crippen LogP contribution in [0.4, 0.5) is 0 Å². The summed E-state index contributed by atoms with van der Waals surface area (Å²) < 4.78 is 36.3. The smallest absolute Gasteiger partial charge is 0.522 e. The molecule has 3 saturated heterocycles. The Morgan fingerprint density at radius 3 is 2.00 bits per heavy atom. The number of halogens is 1. The highest BCUT2D eigenvalue weighted by Gasteiger charge is 2.67. The fourth-order valence-corrected chi connectivity index (χ4v) is 10.8. The molecule has 6 heterocycles. The molecule has 18 nitrogen and oxygen atoms in total. The molecule has 2 amide bonds. The minimum absolute atomic E-state index is 0. The lowest BCUT2D eigenvalue weighted by Gasteiger charge is -2.64. The second kappa shape index (κ2) is 19.9. The zero-order valence-corrected chi connectivity index (χ0v) is 41.6. The summed E-state index contributed by atoms with van der Waals surface area (Å²) in [4.78, 5) is 67.0. The quantitative estimate of drug-likeness (QED) is 0.0952. The van der Waals surface area contributed by atoms with E-state index in [2.05, 4.69) is 40.7 Å². The minimum Gasteiger partial charge on any atom is -0.535 e. The number of H-pyrrole nitrogens is 2. The molecule has 2 aromatic heterocycles. The molecule has 2 aromatic carbocycles. The Kier molecular flexibility index (Phi) is 14.5. The Balaban J connectivity index is 0.000000203. The van der Waals surface area contributed by atoms with Crippen molar-refractivity contribution < 1.29 is 57.5 Å². The van der Waals surface area contributed by atoms with E-state index in [9.17, 15) is 29.3 Å². The van der Waals surface area contributed by atoms with Gasteiger partial charge in [0.25, 0.3) is 0 Å². The van der Waals surface area contributed by atoms with E-state index in [4.69, 9.17) is 28.2 Å². The van der Waals surface area contributed by atoms with Gasteiger partial charge in [-0.2, -0.15) is 0 Å². The number of aromatic nitrogens is 4. The van der Waals surface area contributed by atoms with E-state index in [0.29, 0.717) is 80.2 Å². The average molecular weight is 985 g/mol. The molecule has 3 aliphatic carbocycles. The van der Waals surface area contributed by atoms with Gasteiger partial charge >= 0.3 is 26.2 Å². The number of ether oxygens (including phenoxy) is 3. The number of aromatic carboxylic acids is 1. The highest BCUT2D eigenvalue weighted by atomic mass is 35.5. The second-order valence-corrected chi connectivity index (χ2v) is 21.1. The van der Waals surface area contributed by atoms with Crippen molar-refractivity contribution in [3.8, 4) is 17.2 Å². The van der Waals surface area contributed by atoms with Crippen LogP contribution in [-0.2, 0) is 49.3 Å². The number of nitrogens with one attached hydrogen (secondary N) is 2. The van der Waals surface area contributed by atoms with Crippen LogP contribution < -0.4 is 14.1 Å². The Morgan fingerprint density at radius 2 is 1.46 bits per heavy atom. The summed E-state index contributed by atoms with van der Waals surface area (Å²) in [5, 5.41) is 19.3. The molecule has 7 aliphatic rings. The Hall–Kier alpha value is -5.56. The van der Waals surface area contributed by atoms with Gasteiger partial charge in [-0.05, 0) is 119 Å². The number of nitrogens with zero attached hydrogens (tertiary/aromatic N) is 4. The second-order valence-electron chi connectivity index (χ2n) is 21.1. The van der Waals surface area contributed by atoms with Crippen molar-refractivity contribution in [2.45, 2.75) is 129 Å².